The summed E-state index contributed by atoms with van der Waals surface area (Å²) in [4.78, 5) is 10.9. The fraction of sp³-hybridized carbons (Fsp3) is 0.182. The van der Waals surface area contributed by atoms with Gasteiger partial charge in [-0.1, -0.05) is 24.3 Å². The maximum absolute atomic E-state index is 10.9. The van der Waals surface area contributed by atoms with Crippen molar-refractivity contribution in [1.29, 1.82) is 0 Å². The number of carbonyl (C=O) groups excluding carboxylic acids is 1. The van der Waals surface area contributed by atoms with E-state index in [1.54, 1.807) is 12.1 Å². The maximum atomic E-state index is 10.9. The normalized spacial score (nSPS) is 10.6. The molecule has 14 heavy (non-hydrogen) atoms. The van der Waals surface area contributed by atoms with Gasteiger partial charge in [0.2, 0.25) is 5.91 Å². The zero-order valence-electron chi connectivity index (χ0n) is 8.16. The zero-order chi connectivity index (χ0) is 10.4. The van der Waals surface area contributed by atoms with Crippen molar-refractivity contribution in [3.05, 3.63) is 41.5 Å². The van der Waals surface area contributed by atoms with Gasteiger partial charge in [0.05, 0.1) is 0 Å². The van der Waals surface area contributed by atoms with E-state index in [0.29, 0.717) is 5.56 Å². The first-order valence-corrected chi connectivity index (χ1v) is 4.45. The van der Waals surface area contributed by atoms with Crippen LogP contribution in [0.15, 0.2) is 30.3 Å². The average molecular weight is 190 g/mol. The second-order valence-electron chi connectivity index (χ2n) is 2.95. The minimum atomic E-state index is -0.395. The van der Waals surface area contributed by atoms with Crippen molar-refractivity contribution < 1.29 is 4.79 Å². The van der Waals surface area contributed by atoms with E-state index >= 15 is 0 Å². The van der Waals surface area contributed by atoms with Crippen LogP contribution < -0.4 is 11.1 Å². The van der Waals surface area contributed by atoms with Gasteiger partial charge in [-0.25, -0.2) is 0 Å². The van der Waals surface area contributed by atoms with Crippen LogP contribution in [0.2, 0.25) is 0 Å². The molecule has 0 atom stereocenters. The standard InChI is InChI=1S/C11H14N2O/c1-13-7-3-5-9-4-2-6-10(8-9)11(12)14/h2-6,8,13H,7H2,1H3,(H2,12,14). The molecule has 0 unspecified atom stereocenters. The molecule has 0 aliphatic carbocycles. The summed E-state index contributed by atoms with van der Waals surface area (Å²) in [5.41, 5.74) is 6.68. The van der Waals surface area contributed by atoms with E-state index in [9.17, 15) is 4.79 Å². The largest absolute Gasteiger partial charge is 0.366 e. The van der Waals surface area contributed by atoms with Crippen LogP contribution in [0.5, 0.6) is 0 Å². The third-order valence-electron chi connectivity index (χ3n) is 1.80. The molecule has 3 N–H and O–H groups in total. The van der Waals surface area contributed by atoms with E-state index in [0.717, 1.165) is 12.1 Å². The predicted molar refractivity (Wildman–Crippen MR) is 57.9 cm³/mol. The lowest BCUT2D eigenvalue weighted by Crippen LogP contribution is -2.10. The highest BCUT2D eigenvalue weighted by molar-refractivity contribution is 5.93. The fourth-order valence-electron chi connectivity index (χ4n) is 1.11. The summed E-state index contributed by atoms with van der Waals surface area (Å²) >= 11 is 0. The first kappa shape index (κ1) is 10.5. The van der Waals surface area contributed by atoms with Gasteiger partial charge in [0.25, 0.3) is 0 Å². The van der Waals surface area contributed by atoms with Gasteiger partial charge >= 0.3 is 0 Å². The van der Waals surface area contributed by atoms with Crippen molar-refractivity contribution in [1.82, 2.24) is 5.32 Å². The summed E-state index contributed by atoms with van der Waals surface area (Å²) in [5.74, 6) is -0.395. The van der Waals surface area contributed by atoms with E-state index in [1.807, 2.05) is 31.3 Å². The molecular weight excluding hydrogens is 176 g/mol. The van der Waals surface area contributed by atoms with Crippen LogP contribution >= 0.6 is 0 Å². The van der Waals surface area contributed by atoms with E-state index in [4.69, 9.17) is 5.73 Å². The van der Waals surface area contributed by atoms with E-state index in [2.05, 4.69) is 5.32 Å². The SMILES string of the molecule is CNCC=Cc1cccc(C(N)=O)c1. The number of nitrogens with one attached hydrogen (secondary N) is 1. The van der Waals surface area contributed by atoms with Crippen molar-refractivity contribution in [3.63, 3.8) is 0 Å². The van der Waals surface area contributed by atoms with Crippen LogP contribution in [0.4, 0.5) is 0 Å². The van der Waals surface area contributed by atoms with Crippen LogP contribution in [0.25, 0.3) is 6.08 Å². The minimum absolute atomic E-state index is 0.395. The molecule has 0 aliphatic rings. The Morgan fingerprint density at radius 2 is 2.36 bits per heavy atom. The summed E-state index contributed by atoms with van der Waals surface area (Å²) < 4.78 is 0. The second-order valence-corrected chi connectivity index (χ2v) is 2.95. The van der Waals surface area contributed by atoms with E-state index in [1.165, 1.54) is 0 Å². The Morgan fingerprint density at radius 3 is 3.00 bits per heavy atom. The van der Waals surface area contributed by atoms with Gasteiger partial charge in [0.15, 0.2) is 0 Å². The van der Waals surface area contributed by atoms with Gasteiger partial charge < -0.3 is 11.1 Å². The van der Waals surface area contributed by atoms with Crippen molar-refractivity contribution >= 4 is 12.0 Å². The van der Waals surface area contributed by atoms with Gasteiger partial charge in [-0.05, 0) is 24.7 Å². The average Bonchev–Trinajstić information content (AvgIpc) is 2.19. The molecular formula is C11H14N2O. The molecule has 1 aromatic carbocycles. The monoisotopic (exact) mass is 190 g/mol. The molecule has 0 heterocycles. The molecule has 3 heteroatoms. The number of amides is 1. The number of likely N-dealkylation sites (N-methyl/N-ethyl adjacent to an activating group) is 1. The van der Waals surface area contributed by atoms with Crippen LogP contribution in [0.3, 0.4) is 0 Å². The van der Waals surface area contributed by atoms with Gasteiger partial charge in [-0.15, -0.1) is 0 Å². The molecule has 1 rings (SSSR count). The lowest BCUT2D eigenvalue weighted by Gasteiger charge is -1.97. The van der Waals surface area contributed by atoms with Crippen LogP contribution in [-0.4, -0.2) is 19.5 Å². The highest BCUT2D eigenvalue weighted by atomic mass is 16.1. The Bertz CT molecular complexity index is 345. The van der Waals surface area contributed by atoms with Gasteiger partial charge in [-0.2, -0.15) is 0 Å². The Morgan fingerprint density at radius 1 is 1.57 bits per heavy atom. The number of rotatable bonds is 4. The first-order valence-electron chi connectivity index (χ1n) is 4.45. The summed E-state index contributed by atoms with van der Waals surface area (Å²) in [6.45, 7) is 0.806. The molecule has 0 saturated heterocycles. The molecule has 0 spiro atoms. The summed E-state index contributed by atoms with van der Waals surface area (Å²) in [7, 11) is 1.88. The third-order valence-corrected chi connectivity index (χ3v) is 1.80. The molecule has 0 aromatic heterocycles. The predicted octanol–water partition coefficient (Wildman–Crippen LogP) is 1.02. The number of primary amides is 1. The topological polar surface area (TPSA) is 55.1 Å². The molecule has 0 aliphatic heterocycles. The number of nitrogens with two attached hydrogens (primary N) is 1. The molecule has 1 amide bonds. The number of carbonyl (C=O) groups is 1. The van der Waals surface area contributed by atoms with Crippen molar-refractivity contribution in [2.75, 3.05) is 13.6 Å². The lowest BCUT2D eigenvalue weighted by molar-refractivity contribution is 0.100. The third kappa shape index (κ3) is 3.03. The summed E-state index contributed by atoms with van der Waals surface area (Å²) in [5, 5.41) is 3.00. The summed E-state index contributed by atoms with van der Waals surface area (Å²) in [6, 6.07) is 7.23. The highest BCUT2D eigenvalue weighted by Gasteiger charge is 1.98. The van der Waals surface area contributed by atoms with E-state index < -0.39 is 5.91 Å². The Hall–Kier alpha value is -1.61. The van der Waals surface area contributed by atoms with Crippen molar-refractivity contribution in [2.24, 2.45) is 5.73 Å². The molecule has 3 nitrogen and oxygen atoms in total. The second kappa shape index (κ2) is 5.19. The summed E-state index contributed by atoms with van der Waals surface area (Å²) in [6.07, 6.45) is 3.93. The van der Waals surface area contributed by atoms with Crippen LogP contribution in [0, 0.1) is 0 Å². The maximum Gasteiger partial charge on any atom is 0.248 e. The molecule has 74 valence electrons. The lowest BCUT2D eigenvalue weighted by atomic mass is 10.1. The van der Waals surface area contributed by atoms with Gasteiger partial charge in [0.1, 0.15) is 0 Å². The Labute approximate surface area is 83.6 Å². The molecule has 0 bridgehead atoms. The Kier molecular flexibility index (Phi) is 3.88. The number of benzene rings is 1. The molecule has 0 saturated carbocycles. The minimum Gasteiger partial charge on any atom is -0.366 e. The fourth-order valence-corrected chi connectivity index (χ4v) is 1.11. The Balaban J connectivity index is 2.78. The van der Waals surface area contributed by atoms with Crippen LogP contribution in [-0.2, 0) is 0 Å². The quantitative estimate of drug-likeness (QED) is 0.744. The van der Waals surface area contributed by atoms with Crippen molar-refractivity contribution in [2.45, 2.75) is 0 Å². The zero-order valence-corrected chi connectivity index (χ0v) is 8.16. The van der Waals surface area contributed by atoms with Gasteiger partial charge in [0, 0.05) is 12.1 Å². The molecule has 1 aromatic rings. The molecule has 0 fully saturated rings. The highest BCUT2D eigenvalue weighted by Crippen LogP contribution is 2.06. The van der Waals surface area contributed by atoms with Gasteiger partial charge in [-0.3, -0.25) is 4.79 Å². The van der Waals surface area contributed by atoms with E-state index in [-0.39, 0.29) is 0 Å². The number of hydrogen-bond acceptors (Lipinski definition) is 2. The van der Waals surface area contributed by atoms with Crippen molar-refractivity contribution in [3.8, 4) is 0 Å². The molecule has 0 radical (unpaired) electrons. The smallest absolute Gasteiger partial charge is 0.248 e. The number of hydrogen-bond donors (Lipinski definition) is 2. The van der Waals surface area contributed by atoms with Crippen LogP contribution in [0.1, 0.15) is 15.9 Å². The first-order chi connectivity index (χ1) is 6.74.